The second kappa shape index (κ2) is 3.58. The normalized spacial score (nSPS) is 11.4. The van der Waals surface area contributed by atoms with Crippen LogP contribution in [0, 0.1) is 5.41 Å². The van der Waals surface area contributed by atoms with Gasteiger partial charge in [0.05, 0.1) is 12.1 Å². The molecule has 0 aromatic rings. The maximum atomic E-state index is 6.64. The van der Waals surface area contributed by atoms with E-state index in [0.717, 1.165) is 0 Å². The Labute approximate surface area is 55.9 Å². The molecular weight excluding hydrogens is 116 g/mol. The summed E-state index contributed by atoms with van der Waals surface area (Å²) in [6, 6.07) is 0. The minimum absolute atomic E-state index is 0.164. The molecular formula is C6H14N2O. The fourth-order valence-corrected chi connectivity index (χ4v) is 0.300. The Morgan fingerprint density at radius 2 is 2.11 bits per heavy atom. The molecule has 0 rings (SSSR count). The molecule has 0 aliphatic rings. The van der Waals surface area contributed by atoms with E-state index in [1.54, 1.807) is 0 Å². The number of nitrogens with one attached hydrogen (secondary N) is 2. The second-order valence-corrected chi connectivity index (χ2v) is 2.77. The largest absolute Gasteiger partial charge is 0.312 e. The first-order valence-corrected chi connectivity index (χ1v) is 2.96. The van der Waals surface area contributed by atoms with Crippen LogP contribution in [0.4, 0.5) is 0 Å². The van der Waals surface area contributed by atoms with E-state index in [2.05, 4.69) is 5.48 Å². The monoisotopic (exact) mass is 130 g/mol. The number of hydrogen-bond acceptors (Lipinski definition) is 3. The van der Waals surface area contributed by atoms with Crippen LogP contribution >= 0.6 is 0 Å². The summed E-state index contributed by atoms with van der Waals surface area (Å²) in [5.74, 6) is 0. The van der Waals surface area contributed by atoms with Crippen LogP contribution in [0.1, 0.15) is 20.8 Å². The molecule has 3 nitrogen and oxygen atoms in total. The van der Waals surface area contributed by atoms with E-state index in [1.807, 2.05) is 20.8 Å². The van der Waals surface area contributed by atoms with Gasteiger partial charge in [0.25, 0.3) is 0 Å². The lowest BCUT2D eigenvalue weighted by molar-refractivity contribution is -0.0657. The van der Waals surface area contributed by atoms with Crippen LogP contribution in [0.3, 0.4) is 0 Å². The highest BCUT2D eigenvalue weighted by molar-refractivity contribution is 5.54. The van der Waals surface area contributed by atoms with Gasteiger partial charge in [0.15, 0.2) is 0 Å². The molecule has 0 saturated carbocycles. The number of rotatable bonds is 3. The van der Waals surface area contributed by atoms with E-state index in [0.29, 0.717) is 6.54 Å². The molecule has 54 valence electrons. The second-order valence-electron chi connectivity index (χ2n) is 2.77. The molecule has 2 N–H and O–H groups in total. The lowest BCUT2D eigenvalue weighted by Gasteiger charge is -2.18. The van der Waals surface area contributed by atoms with Crippen LogP contribution in [0.15, 0.2) is 0 Å². The summed E-state index contributed by atoms with van der Waals surface area (Å²) in [5, 5.41) is 6.64. The van der Waals surface area contributed by atoms with Gasteiger partial charge >= 0.3 is 0 Å². The summed E-state index contributed by atoms with van der Waals surface area (Å²) in [7, 11) is 0. The smallest absolute Gasteiger partial charge is 0.0813 e. The predicted octanol–water partition coefficient (Wildman–Crippen LogP) is 0.956. The third kappa shape index (κ3) is 7.59. The van der Waals surface area contributed by atoms with Gasteiger partial charge in [0.2, 0.25) is 0 Å². The fraction of sp³-hybridized carbons (Fsp3) is 0.833. The Kier molecular flexibility index (Phi) is 3.42. The Balaban J connectivity index is 3.17. The van der Waals surface area contributed by atoms with Gasteiger partial charge in [-0.25, -0.2) is 0 Å². The van der Waals surface area contributed by atoms with Gasteiger partial charge in [-0.05, 0) is 20.8 Å². The molecule has 0 aliphatic heterocycles. The highest BCUT2D eigenvalue weighted by Gasteiger charge is 2.08. The third-order valence-corrected chi connectivity index (χ3v) is 0.564. The zero-order chi connectivity index (χ0) is 7.33. The summed E-state index contributed by atoms with van der Waals surface area (Å²) in [6.07, 6.45) is 1.26. The van der Waals surface area contributed by atoms with Crippen molar-refractivity contribution in [1.29, 1.82) is 5.41 Å². The molecule has 0 bridgehead atoms. The van der Waals surface area contributed by atoms with Crippen molar-refractivity contribution in [3.63, 3.8) is 0 Å². The SMILES string of the molecule is CC(C)(C)ONCC=N. The lowest BCUT2D eigenvalue weighted by atomic mass is 10.2. The molecule has 0 aliphatic carbocycles. The predicted molar refractivity (Wildman–Crippen MR) is 37.6 cm³/mol. The maximum Gasteiger partial charge on any atom is 0.0813 e. The van der Waals surface area contributed by atoms with Crippen molar-refractivity contribution in [3.05, 3.63) is 0 Å². The Bertz CT molecular complexity index is 85.5. The zero-order valence-corrected chi connectivity index (χ0v) is 6.19. The number of hydrogen-bond donors (Lipinski definition) is 2. The third-order valence-electron chi connectivity index (χ3n) is 0.564. The lowest BCUT2D eigenvalue weighted by Crippen LogP contribution is -2.30. The van der Waals surface area contributed by atoms with Crippen LogP contribution in [-0.2, 0) is 4.84 Å². The molecule has 3 heteroatoms. The standard InChI is InChI=1S/C6H14N2O/c1-6(2,3)9-8-5-4-7/h4,7-8H,5H2,1-3H3. The quantitative estimate of drug-likeness (QED) is 0.339. The Morgan fingerprint density at radius 1 is 1.56 bits per heavy atom. The van der Waals surface area contributed by atoms with Crippen molar-refractivity contribution in [2.24, 2.45) is 0 Å². The van der Waals surface area contributed by atoms with Gasteiger partial charge < -0.3 is 5.41 Å². The van der Waals surface area contributed by atoms with E-state index < -0.39 is 0 Å². The van der Waals surface area contributed by atoms with Crippen molar-refractivity contribution < 1.29 is 4.84 Å². The molecule has 0 atom stereocenters. The van der Waals surface area contributed by atoms with Gasteiger partial charge in [-0.1, -0.05) is 0 Å². The highest BCUT2D eigenvalue weighted by Crippen LogP contribution is 2.02. The fourth-order valence-electron chi connectivity index (χ4n) is 0.300. The van der Waals surface area contributed by atoms with E-state index >= 15 is 0 Å². The van der Waals surface area contributed by atoms with Crippen LogP contribution in [0.5, 0.6) is 0 Å². The Hall–Kier alpha value is -0.410. The first-order valence-electron chi connectivity index (χ1n) is 2.96. The van der Waals surface area contributed by atoms with E-state index in [9.17, 15) is 0 Å². The summed E-state index contributed by atoms with van der Waals surface area (Å²) in [5.41, 5.74) is 2.47. The topological polar surface area (TPSA) is 45.1 Å². The summed E-state index contributed by atoms with van der Waals surface area (Å²) in [4.78, 5) is 5.07. The zero-order valence-electron chi connectivity index (χ0n) is 6.19. The van der Waals surface area contributed by atoms with E-state index in [1.165, 1.54) is 6.21 Å². The summed E-state index contributed by atoms with van der Waals surface area (Å²) < 4.78 is 0. The average molecular weight is 130 g/mol. The molecule has 0 fully saturated rings. The summed E-state index contributed by atoms with van der Waals surface area (Å²) in [6.45, 7) is 6.31. The number of hydroxylamine groups is 1. The molecule has 0 spiro atoms. The van der Waals surface area contributed by atoms with Crippen LogP contribution in [0.2, 0.25) is 0 Å². The van der Waals surface area contributed by atoms with Gasteiger partial charge in [0, 0.05) is 6.21 Å². The van der Waals surface area contributed by atoms with Crippen LogP contribution in [-0.4, -0.2) is 18.4 Å². The average Bonchev–Trinajstić information content (AvgIpc) is 1.63. The van der Waals surface area contributed by atoms with Gasteiger partial charge in [0.1, 0.15) is 0 Å². The van der Waals surface area contributed by atoms with Crippen molar-refractivity contribution in [2.45, 2.75) is 26.4 Å². The van der Waals surface area contributed by atoms with Crippen molar-refractivity contribution in [1.82, 2.24) is 5.48 Å². The molecule has 0 amide bonds. The van der Waals surface area contributed by atoms with Crippen molar-refractivity contribution in [2.75, 3.05) is 6.54 Å². The molecule has 0 aromatic carbocycles. The minimum atomic E-state index is -0.164. The highest BCUT2D eigenvalue weighted by atomic mass is 16.7. The summed E-state index contributed by atoms with van der Waals surface area (Å²) >= 11 is 0. The van der Waals surface area contributed by atoms with Gasteiger partial charge in [-0.3, -0.25) is 4.84 Å². The van der Waals surface area contributed by atoms with E-state index in [4.69, 9.17) is 10.2 Å². The first-order chi connectivity index (χ1) is 4.06. The van der Waals surface area contributed by atoms with Crippen LogP contribution < -0.4 is 5.48 Å². The van der Waals surface area contributed by atoms with Crippen LogP contribution in [0.25, 0.3) is 0 Å². The van der Waals surface area contributed by atoms with Crippen molar-refractivity contribution in [3.8, 4) is 0 Å². The molecule has 0 unspecified atom stereocenters. The molecule has 9 heavy (non-hydrogen) atoms. The van der Waals surface area contributed by atoms with Crippen molar-refractivity contribution >= 4 is 6.21 Å². The maximum absolute atomic E-state index is 6.64. The molecule has 0 radical (unpaired) electrons. The van der Waals surface area contributed by atoms with Gasteiger partial charge in [-0.2, -0.15) is 5.48 Å². The first kappa shape index (κ1) is 8.59. The Morgan fingerprint density at radius 3 is 2.44 bits per heavy atom. The van der Waals surface area contributed by atoms with E-state index in [-0.39, 0.29) is 5.60 Å². The minimum Gasteiger partial charge on any atom is -0.312 e. The molecule has 0 heterocycles. The molecule has 0 aromatic heterocycles. The molecule has 0 saturated heterocycles. The van der Waals surface area contributed by atoms with Gasteiger partial charge in [-0.15, -0.1) is 0 Å².